The van der Waals surface area contributed by atoms with Crippen LogP contribution in [0.2, 0.25) is 0 Å². The number of aliphatic carboxylic acids is 1. The topological polar surface area (TPSA) is 59.0 Å². The highest BCUT2D eigenvalue weighted by Gasteiger charge is 2.41. The Hall–Kier alpha value is -0.650. The van der Waals surface area contributed by atoms with Gasteiger partial charge in [0.05, 0.1) is 19.1 Å². The molecule has 0 aromatic heterocycles. The Morgan fingerprint density at radius 1 is 1.47 bits per heavy atom. The first-order chi connectivity index (χ1) is 9.02. The molecule has 0 aromatic carbocycles. The minimum atomic E-state index is -0.828. The number of nitrogens with zero attached hydrogens (tertiary/aromatic N) is 1. The molecule has 110 valence electrons. The molecule has 3 unspecified atom stereocenters. The molecule has 2 aliphatic heterocycles. The lowest BCUT2D eigenvalue weighted by Gasteiger charge is -2.38. The van der Waals surface area contributed by atoms with Crippen molar-refractivity contribution in [2.75, 3.05) is 19.7 Å². The van der Waals surface area contributed by atoms with Gasteiger partial charge in [0.25, 0.3) is 0 Å². The van der Waals surface area contributed by atoms with Crippen molar-refractivity contribution < 1.29 is 19.4 Å². The Morgan fingerprint density at radius 3 is 2.95 bits per heavy atom. The molecule has 0 saturated carbocycles. The summed E-state index contributed by atoms with van der Waals surface area (Å²) in [6.07, 6.45) is 4.26. The van der Waals surface area contributed by atoms with Gasteiger partial charge in [-0.1, -0.05) is 13.3 Å². The Morgan fingerprint density at radius 2 is 2.26 bits per heavy atom. The Bertz CT molecular complexity index is 323. The molecule has 5 heteroatoms. The van der Waals surface area contributed by atoms with Crippen LogP contribution in [0.4, 0.5) is 0 Å². The monoisotopic (exact) mass is 271 g/mol. The second-order valence-corrected chi connectivity index (χ2v) is 5.76. The van der Waals surface area contributed by atoms with E-state index in [9.17, 15) is 4.79 Å². The number of hydrogen-bond acceptors (Lipinski definition) is 4. The third kappa shape index (κ3) is 3.91. The van der Waals surface area contributed by atoms with Gasteiger partial charge in [-0.05, 0) is 32.9 Å². The fourth-order valence-electron chi connectivity index (χ4n) is 3.23. The van der Waals surface area contributed by atoms with Gasteiger partial charge in [0.15, 0.2) is 5.79 Å². The predicted octanol–water partition coefficient (Wildman–Crippen LogP) is 1.86. The van der Waals surface area contributed by atoms with Crippen LogP contribution < -0.4 is 0 Å². The molecule has 3 atom stereocenters. The van der Waals surface area contributed by atoms with Gasteiger partial charge in [0.1, 0.15) is 0 Å². The van der Waals surface area contributed by atoms with Crippen LogP contribution in [-0.2, 0) is 14.3 Å². The number of likely N-dealkylation sites (tertiary alicyclic amines) is 1. The van der Waals surface area contributed by atoms with Crippen LogP contribution in [-0.4, -0.2) is 53.6 Å². The predicted molar refractivity (Wildman–Crippen MR) is 71.0 cm³/mol. The molecule has 0 amide bonds. The molecule has 0 bridgehead atoms. The van der Waals surface area contributed by atoms with Gasteiger partial charge < -0.3 is 19.5 Å². The van der Waals surface area contributed by atoms with Crippen LogP contribution in [0.1, 0.15) is 46.0 Å². The largest absolute Gasteiger partial charge is 0.481 e. The quantitative estimate of drug-likeness (QED) is 0.827. The molecular weight excluding hydrogens is 246 g/mol. The Balaban J connectivity index is 1.89. The molecule has 0 radical (unpaired) electrons. The SMILES string of the molecule is CCN1CCCCC1CC1(C)OCC(CC(=O)O)O1. The number of rotatable bonds is 5. The lowest BCUT2D eigenvalue weighted by Crippen LogP contribution is -2.44. The maximum Gasteiger partial charge on any atom is 0.306 e. The lowest BCUT2D eigenvalue weighted by molar-refractivity contribution is -0.172. The number of carboxylic acids is 1. The number of carbonyl (C=O) groups is 1. The second-order valence-electron chi connectivity index (χ2n) is 5.76. The molecule has 2 aliphatic rings. The van der Waals surface area contributed by atoms with E-state index in [0.717, 1.165) is 19.5 Å². The summed E-state index contributed by atoms with van der Waals surface area (Å²) < 4.78 is 11.6. The van der Waals surface area contributed by atoms with E-state index in [0.29, 0.717) is 12.6 Å². The first-order valence-corrected chi connectivity index (χ1v) is 7.30. The summed E-state index contributed by atoms with van der Waals surface area (Å²) >= 11 is 0. The van der Waals surface area contributed by atoms with Crippen molar-refractivity contribution in [2.45, 2.75) is 63.9 Å². The van der Waals surface area contributed by atoms with E-state index < -0.39 is 11.8 Å². The van der Waals surface area contributed by atoms with Gasteiger partial charge in [-0.2, -0.15) is 0 Å². The first kappa shape index (κ1) is 14.8. The van der Waals surface area contributed by atoms with E-state index in [4.69, 9.17) is 14.6 Å². The normalized spacial score (nSPS) is 36.5. The summed E-state index contributed by atoms with van der Waals surface area (Å²) in [6.45, 7) is 6.72. The van der Waals surface area contributed by atoms with Crippen molar-refractivity contribution in [3.63, 3.8) is 0 Å². The molecule has 1 N–H and O–H groups in total. The van der Waals surface area contributed by atoms with Crippen LogP contribution in [0.3, 0.4) is 0 Å². The zero-order valence-electron chi connectivity index (χ0n) is 11.9. The molecule has 0 aromatic rings. The van der Waals surface area contributed by atoms with Crippen molar-refractivity contribution in [3.8, 4) is 0 Å². The van der Waals surface area contributed by atoms with Crippen molar-refractivity contribution >= 4 is 5.97 Å². The molecule has 2 rings (SSSR count). The van der Waals surface area contributed by atoms with E-state index in [2.05, 4.69) is 11.8 Å². The van der Waals surface area contributed by atoms with Crippen LogP contribution in [0.15, 0.2) is 0 Å². The van der Waals surface area contributed by atoms with Gasteiger partial charge in [-0.3, -0.25) is 4.79 Å². The summed E-state index contributed by atoms with van der Waals surface area (Å²) in [5, 5.41) is 8.80. The number of hydrogen-bond donors (Lipinski definition) is 1. The highest BCUT2D eigenvalue weighted by molar-refractivity contribution is 5.67. The molecule has 2 saturated heterocycles. The van der Waals surface area contributed by atoms with Crippen molar-refractivity contribution in [1.29, 1.82) is 0 Å². The summed E-state index contributed by atoms with van der Waals surface area (Å²) in [6, 6.07) is 0.493. The van der Waals surface area contributed by atoms with Gasteiger partial charge >= 0.3 is 5.97 Å². The minimum Gasteiger partial charge on any atom is -0.481 e. The van der Waals surface area contributed by atoms with Crippen LogP contribution in [0.25, 0.3) is 0 Å². The summed E-state index contributed by atoms with van der Waals surface area (Å²) in [7, 11) is 0. The fraction of sp³-hybridized carbons (Fsp3) is 0.929. The van der Waals surface area contributed by atoms with E-state index >= 15 is 0 Å². The number of piperidine rings is 1. The van der Waals surface area contributed by atoms with E-state index in [1.165, 1.54) is 19.3 Å². The first-order valence-electron chi connectivity index (χ1n) is 7.30. The van der Waals surface area contributed by atoms with Gasteiger partial charge in [0, 0.05) is 12.5 Å². The molecule has 19 heavy (non-hydrogen) atoms. The molecular formula is C14H25NO4. The highest BCUT2D eigenvalue weighted by Crippen LogP contribution is 2.33. The van der Waals surface area contributed by atoms with Crippen molar-refractivity contribution in [3.05, 3.63) is 0 Å². The average molecular weight is 271 g/mol. The van der Waals surface area contributed by atoms with Gasteiger partial charge in [-0.25, -0.2) is 0 Å². The van der Waals surface area contributed by atoms with E-state index in [-0.39, 0.29) is 12.5 Å². The van der Waals surface area contributed by atoms with Crippen LogP contribution in [0, 0.1) is 0 Å². The van der Waals surface area contributed by atoms with Crippen molar-refractivity contribution in [1.82, 2.24) is 4.90 Å². The minimum absolute atomic E-state index is 0.0255. The Labute approximate surface area is 114 Å². The maximum atomic E-state index is 10.7. The Kier molecular flexibility index (Phi) is 4.81. The molecule has 0 spiro atoms. The second kappa shape index (κ2) is 6.20. The average Bonchev–Trinajstić information content (AvgIpc) is 2.70. The van der Waals surface area contributed by atoms with Crippen molar-refractivity contribution in [2.24, 2.45) is 0 Å². The summed E-state index contributed by atoms with van der Waals surface area (Å²) in [5.74, 6) is -1.44. The molecule has 2 heterocycles. The summed E-state index contributed by atoms with van der Waals surface area (Å²) in [5.41, 5.74) is 0. The molecule has 2 fully saturated rings. The smallest absolute Gasteiger partial charge is 0.306 e. The van der Waals surface area contributed by atoms with E-state index in [1.807, 2.05) is 6.92 Å². The standard InChI is InChI=1S/C14H25NO4/c1-3-15-7-5-4-6-11(15)9-14(2)18-10-12(19-14)8-13(16)17/h11-12H,3-10H2,1-2H3,(H,16,17). The van der Waals surface area contributed by atoms with Crippen LogP contribution in [0.5, 0.6) is 0 Å². The van der Waals surface area contributed by atoms with E-state index in [1.54, 1.807) is 0 Å². The summed E-state index contributed by atoms with van der Waals surface area (Å²) in [4.78, 5) is 13.2. The lowest BCUT2D eigenvalue weighted by atomic mass is 9.96. The zero-order valence-corrected chi connectivity index (χ0v) is 11.9. The molecule has 5 nitrogen and oxygen atoms in total. The fourth-order valence-corrected chi connectivity index (χ4v) is 3.23. The number of ether oxygens (including phenoxy) is 2. The van der Waals surface area contributed by atoms with Gasteiger partial charge in [-0.15, -0.1) is 0 Å². The van der Waals surface area contributed by atoms with Gasteiger partial charge in [0.2, 0.25) is 0 Å². The van der Waals surface area contributed by atoms with Crippen LogP contribution >= 0.6 is 0 Å². The molecule has 0 aliphatic carbocycles. The maximum absolute atomic E-state index is 10.7. The number of carboxylic acid groups (broad SMARTS) is 1. The third-order valence-corrected chi connectivity index (χ3v) is 4.15. The highest BCUT2D eigenvalue weighted by atomic mass is 16.7. The zero-order chi connectivity index (χ0) is 13.9. The third-order valence-electron chi connectivity index (χ3n) is 4.15.